The van der Waals surface area contributed by atoms with E-state index in [0.29, 0.717) is 12.3 Å². The number of halogens is 1. The predicted octanol–water partition coefficient (Wildman–Crippen LogP) is 2.84. The van der Waals surface area contributed by atoms with Crippen molar-refractivity contribution in [1.29, 1.82) is 0 Å². The van der Waals surface area contributed by atoms with Crippen LogP contribution in [0.2, 0.25) is 0 Å². The highest BCUT2D eigenvalue weighted by atomic mass is 19.1. The van der Waals surface area contributed by atoms with Gasteiger partial charge in [0.25, 0.3) is 0 Å². The molecular formula is C15H16FNO2. The molecular weight excluding hydrogens is 245 g/mol. The largest absolute Gasteiger partial charge is 0.464 e. The smallest absolute Gasteiger partial charge is 0.328 e. The number of para-hydroxylation sites is 1. The van der Waals surface area contributed by atoms with Crippen molar-refractivity contribution in [2.75, 3.05) is 11.9 Å². The Bertz CT molecular complexity index is 541. The first-order valence-electron chi connectivity index (χ1n) is 6.60. The predicted molar refractivity (Wildman–Crippen MR) is 70.4 cm³/mol. The highest BCUT2D eigenvalue weighted by molar-refractivity contribution is 5.82. The Morgan fingerprint density at radius 2 is 2.37 bits per heavy atom. The fraction of sp³-hybridized carbons (Fsp3) is 0.400. The fourth-order valence-corrected chi connectivity index (χ4v) is 3.05. The minimum atomic E-state index is -0.468. The van der Waals surface area contributed by atoms with E-state index in [0.717, 1.165) is 12.0 Å². The van der Waals surface area contributed by atoms with Gasteiger partial charge in [-0.25, -0.2) is 9.18 Å². The number of esters is 1. The summed E-state index contributed by atoms with van der Waals surface area (Å²) in [6.45, 7) is 2.12. The molecule has 100 valence electrons. The Labute approximate surface area is 111 Å². The second kappa shape index (κ2) is 4.68. The molecule has 1 aromatic rings. The maximum Gasteiger partial charge on any atom is 0.328 e. The molecule has 3 rings (SSSR count). The Kier molecular flexibility index (Phi) is 3.01. The molecule has 0 aromatic heterocycles. The van der Waals surface area contributed by atoms with Crippen LogP contribution in [0.4, 0.5) is 10.1 Å². The van der Waals surface area contributed by atoms with Crippen LogP contribution in [-0.2, 0) is 9.53 Å². The molecule has 0 amide bonds. The minimum absolute atomic E-state index is 0.0985. The molecule has 3 atom stereocenters. The average Bonchev–Trinajstić information content (AvgIpc) is 2.88. The number of allylic oxidation sites excluding steroid dienone is 2. The van der Waals surface area contributed by atoms with Crippen LogP contribution in [-0.4, -0.2) is 18.6 Å². The fourth-order valence-electron chi connectivity index (χ4n) is 3.05. The molecule has 3 nitrogen and oxygen atoms in total. The lowest BCUT2D eigenvalue weighted by Crippen LogP contribution is -2.43. The number of nitrogens with one attached hydrogen (secondary N) is 1. The number of hydrogen-bond donors (Lipinski definition) is 1. The van der Waals surface area contributed by atoms with Gasteiger partial charge in [-0.2, -0.15) is 0 Å². The standard InChI is InChI=1S/C15H16FNO2/c1-2-19-15(18)14-11-6-3-5-9(11)10-7-4-8-12(16)13(10)17-14/h3-5,7-9,11,14,17H,2,6H2,1H3/t9-,11-,14+/m0/s1. The summed E-state index contributed by atoms with van der Waals surface area (Å²) in [5, 5.41) is 3.03. The number of ether oxygens (including phenoxy) is 1. The summed E-state index contributed by atoms with van der Waals surface area (Å²) in [6.07, 6.45) is 4.94. The van der Waals surface area contributed by atoms with Crippen LogP contribution in [0, 0.1) is 11.7 Å². The molecule has 0 fully saturated rings. The first-order valence-corrected chi connectivity index (χ1v) is 6.60. The van der Waals surface area contributed by atoms with Gasteiger partial charge in [0.15, 0.2) is 0 Å². The lowest BCUT2D eigenvalue weighted by atomic mass is 9.79. The zero-order valence-electron chi connectivity index (χ0n) is 10.7. The molecule has 2 aliphatic rings. The van der Waals surface area contributed by atoms with Gasteiger partial charge in [-0.1, -0.05) is 24.3 Å². The van der Waals surface area contributed by atoms with Crippen molar-refractivity contribution in [1.82, 2.24) is 0 Å². The molecule has 4 heteroatoms. The zero-order valence-corrected chi connectivity index (χ0v) is 10.7. The number of carbonyl (C=O) groups is 1. The zero-order chi connectivity index (χ0) is 13.4. The van der Waals surface area contributed by atoms with Crippen molar-refractivity contribution in [3.63, 3.8) is 0 Å². The molecule has 0 bridgehead atoms. The van der Waals surface area contributed by atoms with Crippen molar-refractivity contribution >= 4 is 11.7 Å². The number of fused-ring (bicyclic) bond motifs is 3. The highest BCUT2D eigenvalue weighted by Gasteiger charge is 2.42. The van der Waals surface area contributed by atoms with E-state index in [4.69, 9.17) is 4.74 Å². The summed E-state index contributed by atoms with van der Waals surface area (Å²) >= 11 is 0. The summed E-state index contributed by atoms with van der Waals surface area (Å²) in [4.78, 5) is 12.0. The molecule has 0 radical (unpaired) electrons. The number of carbonyl (C=O) groups excluding carboxylic acids is 1. The Morgan fingerprint density at radius 1 is 1.53 bits per heavy atom. The summed E-state index contributed by atoms with van der Waals surface area (Å²) in [7, 11) is 0. The van der Waals surface area contributed by atoms with E-state index in [1.165, 1.54) is 6.07 Å². The van der Waals surface area contributed by atoms with Gasteiger partial charge in [-0.15, -0.1) is 0 Å². The second-order valence-electron chi connectivity index (χ2n) is 4.93. The van der Waals surface area contributed by atoms with Crippen molar-refractivity contribution in [3.05, 3.63) is 41.7 Å². The van der Waals surface area contributed by atoms with Crippen molar-refractivity contribution in [2.24, 2.45) is 5.92 Å². The molecule has 0 unspecified atom stereocenters. The SMILES string of the molecule is CCOC(=O)[C@@H]1Nc2c(F)cccc2[C@@H]2C=CC[C@H]12. The number of rotatable bonds is 2. The van der Waals surface area contributed by atoms with E-state index in [1.54, 1.807) is 13.0 Å². The molecule has 1 heterocycles. The summed E-state index contributed by atoms with van der Waals surface area (Å²) in [6, 6.07) is 4.57. The third kappa shape index (κ3) is 1.91. The maximum absolute atomic E-state index is 13.9. The van der Waals surface area contributed by atoms with Crippen LogP contribution in [0.15, 0.2) is 30.4 Å². The van der Waals surface area contributed by atoms with Crippen LogP contribution in [0.25, 0.3) is 0 Å². The molecule has 1 aliphatic carbocycles. The minimum Gasteiger partial charge on any atom is -0.464 e. The average molecular weight is 261 g/mol. The van der Waals surface area contributed by atoms with Gasteiger partial charge in [0, 0.05) is 11.8 Å². The molecule has 19 heavy (non-hydrogen) atoms. The molecule has 1 aromatic carbocycles. The molecule has 0 saturated carbocycles. The molecule has 1 N–H and O–H groups in total. The third-order valence-electron chi connectivity index (χ3n) is 3.89. The van der Waals surface area contributed by atoms with Crippen molar-refractivity contribution in [2.45, 2.75) is 25.3 Å². The van der Waals surface area contributed by atoms with Gasteiger partial charge in [-0.05, 0) is 25.0 Å². The first-order chi connectivity index (χ1) is 9.22. The van der Waals surface area contributed by atoms with Crippen LogP contribution >= 0.6 is 0 Å². The molecule has 1 aliphatic heterocycles. The normalized spacial score (nSPS) is 27.4. The lowest BCUT2D eigenvalue weighted by Gasteiger charge is -2.35. The topological polar surface area (TPSA) is 38.3 Å². The first kappa shape index (κ1) is 12.2. The van der Waals surface area contributed by atoms with Crippen molar-refractivity contribution < 1.29 is 13.9 Å². The third-order valence-corrected chi connectivity index (χ3v) is 3.89. The van der Waals surface area contributed by atoms with E-state index < -0.39 is 6.04 Å². The number of anilines is 1. The quantitative estimate of drug-likeness (QED) is 0.657. The summed E-state index contributed by atoms with van der Waals surface area (Å²) in [5.74, 6) is -0.393. The van der Waals surface area contributed by atoms with E-state index >= 15 is 0 Å². The Morgan fingerprint density at radius 3 is 3.16 bits per heavy atom. The van der Waals surface area contributed by atoms with Crippen LogP contribution < -0.4 is 5.32 Å². The Balaban J connectivity index is 2.00. The molecule has 0 spiro atoms. The van der Waals surface area contributed by atoms with Gasteiger partial charge >= 0.3 is 5.97 Å². The summed E-state index contributed by atoms with van der Waals surface area (Å²) in [5.41, 5.74) is 1.37. The van der Waals surface area contributed by atoms with E-state index in [2.05, 4.69) is 17.5 Å². The van der Waals surface area contributed by atoms with Crippen LogP contribution in [0.1, 0.15) is 24.8 Å². The van der Waals surface area contributed by atoms with Gasteiger partial charge in [0.1, 0.15) is 11.9 Å². The summed E-state index contributed by atoms with van der Waals surface area (Å²) < 4.78 is 19.0. The number of benzene rings is 1. The van der Waals surface area contributed by atoms with Crippen LogP contribution in [0.3, 0.4) is 0 Å². The van der Waals surface area contributed by atoms with Crippen LogP contribution in [0.5, 0.6) is 0 Å². The maximum atomic E-state index is 13.9. The van der Waals surface area contributed by atoms with Gasteiger partial charge < -0.3 is 10.1 Å². The molecule has 0 saturated heterocycles. The van der Waals surface area contributed by atoms with E-state index in [9.17, 15) is 9.18 Å². The lowest BCUT2D eigenvalue weighted by molar-refractivity contribution is -0.145. The second-order valence-corrected chi connectivity index (χ2v) is 4.93. The Hall–Kier alpha value is -1.84. The van der Waals surface area contributed by atoms with Gasteiger partial charge in [0.2, 0.25) is 0 Å². The highest BCUT2D eigenvalue weighted by Crippen LogP contribution is 2.45. The monoisotopic (exact) mass is 261 g/mol. The van der Waals surface area contributed by atoms with Gasteiger partial charge in [0.05, 0.1) is 12.3 Å². The van der Waals surface area contributed by atoms with Gasteiger partial charge in [-0.3, -0.25) is 0 Å². The van der Waals surface area contributed by atoms with E-state index in [-0.39, 0.29) is 23.6 Å². The van der Waals surface area contributed by atoms with Crippen molar-refractivity contribution in [3.8, 4) is 0 Å². The van der Waals surface area contributed by atoms with E-state index in [1.807, 2.05) is 6.07 Å². The number of hydrogen-bond acceptors (Lipinski definition) is 3.